The highest BCUT2D eigenvalue weighted by atomic mass is 19.1. The number of allylic oxidation sites excluding steroid dienone is 2. The first-order valence-corrected chi connectivity index (χ1v) is 8.98. The molecule has 1 N–H and O–H groups in total. The normalized spacial score (nSPS) is 17.9. The average Bonchev–Trinajstić information content (AvgIpc) is 3.03. The highest BCUT2D eigenvalue weighted by Crippen LogP contribution is 2.36. The lowest BCUT2D eigenvalue weighted by Gasteiger charge is -2.28. The summed E-state index contributed by atoms with van der Waals surface area (Å²) in [6.45, 7) is 2.11. The number of hydrogen-bond acceptors (Lipinski definition) is 5. The highest BCUT2D eigenvalue weighted by Gasteiger charge is 2.32. The fraction of sp³-hybridized carbons (Fsp3) is 0.190. The molecule has 0 radical (unpaired) electrons. The van der Waals surface area contributed by atoms with Crippen LogP contribution in [-0.4, -0.2) is 19.9 Å². The second kappa shape index (κ2) is 6.16. The van der Waals surface area contributed by atoms with Crippen molar-refractivity contribution in [3.63, 3.8) is 0 Å². The third-order valence-electron chi connectivity index (χ3n) is 5.18. The Morgan fingerprint density at radius 2 is 2.07 bits per heavy atom. The van der Waals surface area contributed by atoms with Gasteiger partial charge in [-0.05, 0) is 31.6 Å². The Kier molecular flexibility index (Phi) is 3.63. The molecule has 5 nitrogen and oxygen atoms in total. The number of rotatable bonds is 3. The molecule has 1 atom stereocenters. The number of halogens is 1. The van der Waals surface area contributed by atoms with Crippen molar-refractivity contribution >= 4 is 17.0 Å². The molecule has 5 rings (SSSR count). The molecule has 0 bridgehead atoms. The minimum absolute atomic E-state index is 0.0728. The number of aromatic nitrogens is 3. The van der Waals surface area contributed by atoms with Gasteiger partial charge in [0, 0.05) is 47.4 Å². The van der Waals surface area contributed by atoms with E-state index in [4.69, 9.17) is 0 Å². The third-order valence-corrected chi connectivity index (χ3v) is 5.18. The molecule has 2 aromatic heterocycles. The van der Waals surface area contributed by atoms with Crippen molar-refractivity contribution in [2.75, 3.05) is 0 Å². The molecule has 1 aromatic carbocycles. The third kappa shape index (κ3) is 2.65. The zero-order valence-electron chi connectivity index (χ0n) is 14.9. The zero-order valence-corrected chi connectivity index (χ0v) is 14.9. The van der Waals surface area contributed by atoms with Crippen LogP contribution >= 0.6 is 0 Å². The predicted octanol–water partition coefficient (Wildman–Crippen LogP) is 3.92. The van der Waals surface area contributed by atoms with Crippen molar-refractivity contribution in [3.8, 4) is 0 Å². The molecule has 1 unspecified atom stereocenters. The van der Waals surface area contributed by atoms with E-state index in [0.29, 0.717) is 17.8 Å². The van der Waals surface area contributed by atoms with Crippen LogP contribution in [0.15, 0.2) is 60.3 Å². The Labute approximate surface area is 156 Å². The summed E-state index contributed by atoms with van der Waals surface area (Å²) < 4.78 is 14.0. The van der Waals surface area contributed by atoms with Crippen LogP contribution in [0.25, 0.3) is 17.0 Å². The Morgan fingerprint density at radius 3 is 3.00 bits per heavy atom. The molecular formula is C21H18FN5. The molecular weight excluding hydrogens is 341 g/mol. The molecule has 6 heteroatoms. The summed E-state index contributed by atoms with van der Waals surface area (Å²) in [6, 6.07) is 8.99. The summed E-state index contributed by atoms with van der Waals surface area (Å²) in [5.41, 5.74) is 4.87. The molecule has 134 valence electrons. The monoisotopic (exact) mass is 359 g/mol. The van der Waals surface area contributed by atoms with Crippen molar-refractivity contribution in [1.29, 1.82) is 0 Å². The van der Waals surface area contributed by atoms with Crippen LogP contribution in [0.3, 0.4) is 0 Å². The van der Waals surface area contributed by atoms with Crippen molar-refractivity contribution in [1.82, 2.24) is 25.2 Å². The van der Waals surface area contributed by atoms with Gasteiger partial charge in [-0.3, -0.25) is 4.98 Å². The maximum Gasteiger partial charge on any atom is 0.149 e. The fourth-order valence-corrected chi connectivity index (χ4v) is 3.73. The number of hydrogen-bond donors (Lipinski definition) is 1. The predicted molar refractivity (Wildman–Crippen MR) is 102 cm³/mol. The van der Waals surface area contributed by atoms with Crippen molar-refractivity contribution in [3.05, 3.63) is 83.2 Å². The summed E-state index contributed by atoms with van der Waals surface area (Å²) in [4.78, 5) is 15.5. The number of benzene rings is 1. The van der Waals surface area contributed by atoms with Crippen LogP contribution in [0.1, 0.15) is 36.6 Å². The van der Waals surface area contributed by atoms with Gasteiger partial charge in [0.05, 0.1) is 5.69 Å². The van der Waals surface area contributed by atoms with E-state index in [1.807, 2.05) is 24.4 Å². The number of aryl methyl sites for hydroxylation is 1. The van der Waals surface area contributed by atoms with Gasteiger partial charge in [-0.1, -0.05) is 18.2 Å². The summed E-state index contributed by atoms with van der Waals surface area (Å²) in [6.07, 6.45) is 9.09. The van der Waals surface area contributed by atoms with Crippen molar-refractivity contribution < 1.29 is 4.39 Å². The molecule has 0 saturated carbocycles. The fourth-order valence-electron chi connectivity index (χ4n) is 3.73. The summed E-state index contributed by atoms with van der Waals surface area (Å²) in [5, 5.41) is 4.32. The van der Waals surface area contributed by atoms with Gasteiger partial charge in [0.15, 0.2) is 0 Å². The van der Waals surface area contributed by atoms with Gasteiger partial charge >= 0.3 is 0 Å². The molecule has 0 fully saturated rings. The van der Waals surface area contributed by atoms with Gasteiger partial charge in [-0.15, -0.1) is 0 Å². The first kappa shape index (κ1) is 15.9. The Morgan fingerprint density at radius 1 is 1.15 bits per heavy atom. The Bertz CT molecular complexity index is 1100. The molecule has 4 heterocycles. The van der Waals surface area contributed by atoms with Gasteiger partial charge < -0.3 is 10.2 Å². The molecule has 0 amide bonds. The van der Waals surface area contributed by atoms with Crippen LogP contribution in [0.2, 0.25) is 0 Å². The van der Waals surface area contributed by atoms with Crippen molar-refractivity contribution in [2.45, 2.75) is 25.9 Å². The molecule has 2 aliphatic heterocycles. The van der Waals surface area contributed by atoms with E-state index in [1.165, 1.54) is 17.3 Å². The maximum atomic E-state index is 14.0. The van der Waals surface area contributed by atoms with Gasteiger partial charge in [-0.2, -0.15) is 0 Å². The van der Waals surface area contributed by atoms with Crippen molar-refractivity contribution in [2.24, 2.45) is 0 Å². The van der Waals surface area contributed by atoms with E-state index in [1.54, 1.807) is 12.3 Å². The largest absolute Gasteiger partial charge is 0.363 e. The van der Waals surface area contributed by atoms with Gasteiger partial charge in [-0.25, -0.2) is 14.4 Å². The van der Waals surface area contributed by atoms with E-state index in [9.17, 15) is 4.39 Å². The van der Waals surface area contributed by atoms with E-state index in [2.05, 4.69) is 44.4 Å². The average molecular weight is 359 g/mol. The van der Waals surface area contributed by atoms with Gasteiger partial charge in [0.2, 0.25) is 0 Å². The molecule has 27 heavy (non-hydrogen) atoms. The summed E-state index contributed by atoms with van der Waals surface area (Å²) in [5.74, 6) is 0.342. The zero-order chi connectivity index (χ0) is 18.4. The summed E-state index contributed by atoms with van der Waals surface area (Å²) >= 11 is 0. The SMILES string of the molecule is CC1=C(CCc2ncc3cccc(F)c3n2)NC2c3cccnc3C=CN12. The van der Waals surface area contributed by atoms with Crippen LogP contribution in [0, 0.1) is 5.82 Å². The van der Waals surface area contributed by atoms with Crippen LogP contribution in [0.4, 0.5) is 4.39 Å². The smallest absolute Gasteiger partial charge is 0.149 e. The van der Waals surface area contributed by atoms with Gasteiger partial charge in [0.25, 0.3) is 0 Å². The van der Waals surface area contributed by atoms with E-state index >= 15 is 0 Å². The number of nitrogens with zero attached hydrogens (tertiary/aromatic N) is 4. The topological polar surface area (TPSA) is 53.9 Å². The molecule has 0 saturated heterocycles. The quantitative estimate of drug-likeness (QED) is 0.768. The lowest BCUT2D eigenvalue weighted by atomic mass is 10.1. The number of pyridine rings is 1. The van der Waals surface area contributed by atoms with Crippen LogP contribution < -0.4 is 5.32 Å². The number of para-hydroxylation sites is 1. The van der Waals surface area contributed by atoms with E-state index in [0.717, 1.165) is 23.2 Å². The van der Waals surface area contributed by atoms with Crippen LogP contribution in [0.5, 0.6) is 0 Å². The lowest BCUT2D eigenvalue weighted by molar-refractivity contribution is 0.348. The molecule has 2 aliphatic rings. The lowest BCUT2D eigenvalue weighted by Crippen LogP contribution is -2.28. The number of fused-ring (bicyclic) bond motifs is 4. The number of nitrogens with one attached hydrogen (secondary N) is 1. The van der Waals surface area contributed by atoms with E-state index < -0.39 is 0 Å². The molecule has 0 spiro atoms. The second-order valence-corrected chi connectivity index (χ2v) is 6.78. The van der Waals surface area contributed by atoms with Crippen LogP contribution in [-0.2, 0) is 6.42 Å². The standard InChI is InChI=1S/C21H18FN5/c1-13-17(25-21-15-5-3-10-23-18(15)9-11-27(13)21)7-8-19-24-12-14-4-2-6-16(22)20(14)26-19/h2-6,9-12,21,25H,7-8H2,1H3. The molecule has 3 aromatic rings. The summed E-state index contributed by atoms with van der Waals surface area (Å²) in [7, 11) is 0. The maximum absolute atomic E-state index is 14.0. The Balaban J connectivity index is 1.37. The minimum Gasteiger partial charge on any atom is -0.363 e. The minimum atomic E-state index is -0.308. The van der Waals surface area contributed by atoms with Gasteiger partial charge in [0.1, 0.15) is 23.3 Å². The first-order valence-electron chi connectivity index (χ1n) is 8.98. The highest BCUT2D eigenvalue weighted by molar-refractivity contribution is 5.77. The first-order chi connectivity index (χ1) is 13.2. The molecule has 0 aliphatic carbocycles. The van der Waals surface area contributed by atoms with E-state index in [-0.39, 0.29) is 12.0 Å². The Hall–Kier alpha value is -3.28. The second-order valence-electron chi connectivity index (χ2n) is 6.78.